The molecular formula is C18H21NO4. The van der Waals surface area contributed by atoms with E-state index in [1.807, 2.05) is 26.8 Å². The van der Waals surface area contributed by atoms with Gasteiger partial charge < -0.3 is 15.2 Å². The van der Waals surface area contributed by atoms with E-state index in [0.717, 1.165) is 5.56 Å². The maximum Gasteiger partial charge on any atom is 0.339 e. The summed E-state index contributed by atoms with van der Waals surface area (Å²) in [5, 5.41) is 12.2. The van der Waals surface area contributed by atoms with Gasteiger partial charge >= 0.3 is 11.9 Å². The molecule has 122 valence electrons. The highest BCUT2D eigenvalue weighted by Gasteiger charge is 2.15. The number of benzene rings is 2. The molecule has 2 N–H and O–H groups in total. The number of anilines is 2. The van der Waals surface area contributed by atoms with Crippen LogP contribution in [0.25, 0.3) is 0 Å². The molecule has 0 saturated carbocycles. The van der Waals surface area contributed by atoms with Crippen LogP contribution in [0.1, 0.15) is 40.1 Å². The first kappa shape index (κ1) is 18.2. The number of esters is 1. The standard InChI is InChI=1S/C16H15NO4.C2H6/c1-10-7-8-14(12(9-10)16(20)21-2)17-13-6-4-3-5-11(13)15(18)19;1-2/h3-9,17H,1-2H3,(H,18,19);1-2H3. The van der Waals surface area contributed by atoms with Gasteiger partial charge in [0, 0.05) is 0 Å². The molecule has 0 atom stereocenters. The maximum atomic E-state index is 11.8. The van der Waals surface area contributed by atoms with Crippen LogP contribution in [-0.4, -0.2) is 24.2 Å². The third-order valence-corrected chi connectivity index (χ3v) is 3.01. The minimum Gasteiger partial charge on any atom is -0.478 e. The Hall–Kier alpha value is -2.82. The lowest BCUT2D eigenvalue weighted by Crippen LogP contribution is -2.08. The van der Waals surface area contributed by atoms with Gasteiger partial charge in [-0.25, -0.2) is 9.59 Å². The van der Waals surface area contributed by atoms with Crippen molar-refractivity contribution in [3.8, 4) is 0 Å². The Morgan fingerprint density at radius 3 is 2.22 bits per heavy atom. The van der Waals surface area contributed by atoms with E-state index in [-0.39, 0.29) is 5.56 Å². The molecule has 0 radical (unpaired) electrons. The number of ether oxygens (including phenoxy) is 1. The van der Waals surface area contributed by atoms with Crippen LogP contribution in [0.4, 0.5) is 11.4 Å². The van der Waals surface area contributed by atoms with Crippen LogP contribution < -0.4 is 5.32 Å². The predicted octanol–water partition coefficient (Wildman–Crippen LogP) is 4.25. The molecule has 5 nitrogen and oxygen atoms in total. The van der Waals surface area contributed by atoms with Crippen LogP contribution in [0.2, 0.25) is 0 Å². The van der Waals surface area contributed by atoms with Crippen molar-refractivity contribution in [3.05, 3.63) is 59.2 Å². The molecular weight excluding hydrogens is 294 g/mol. The number of hydrogen-bond donors (Lipinski definition) is 2. The van der Waals surface area contributed by atoms with Crippen molar-refractivity contribution in [2.45, 2.75) is 20.8 Å². The van der Waals surface area contributed by atoms with Crippen molar-refractivity contribution in [1.29, 1.82) is 0 Å². The molecule has 23 heavy (non-hydrogen) atoms. The molecule has 0 aliphatic rings. The fourth-order valence-corrected chi connectivity index (χ4v) is 1.97. The molecule has 0 aromatic heterocycles. The van der Waals surface area contributed by atoms with Crippen molar-refractivity contribution in [2.75, 3.05) is 12.4 Å². The number of aromatic carboxylic acids is 1. The van der Waals surface area contributed by atoms with Gasteiger partial charge in [0.05, 0.1) is 29.6 Å². The summed E-state index contributed by atoms with van der Waals surface area (Å²) in [7, 11) is 1.31. The number of hydrogen-bond acceptors (Lipinski definition) is 4. The number of carbonyl (C=O) groups excluding carboxylic acids is 1. The Morgan fingerprint density at radius 1 is 1.00 bits per heavy atom. The first-order valence-corrected chi connectivity index (χ1v) is 7.31. The van der Waals surface area contributed by atoms with Crippen LogP contribution in [0.3, 0.4) is 0 Å². The quantitative estimate of drug-likeness (QED) is 0.825. The Morgan fingerprint density at radius 2 is 1.61 bits per heavy atom. The lowest BCUT2D eigenvalue weighted by molar-refractivity contribution is 0.0601. The van der Waals surface area contributed by atoms with E-state index in [9.17, 15) is 14.7 Å². The number of nitrogens with one attached hydrogen (secondary N) is 1. The van der Waals surface area contributed by atoms with Gasteiger partial charge in [-0.3, -0.25) is 0 Å². The molecule has 0 spiro atoms. The zero-order valence-electron chi connectivity index (χ0n) is 13.7. The van der Waals surface area contributed by atoms with E-state index in [0.29, 0.717) is 16.9 Å². The molecule has 0 aliphatic carbocycles. The number of aryl methyl sites for hydroxylation is 1. The van der Waals surface area contributed by atoms with E-state index in [2.05, 4.69) is 5.32 Å². The van der Waals surface area contributed by atoms with Crippen LogP contribution in [-0.2, 0) is 4.74 Å². The lowest BCUT2D eigenvalue weighted by Gasteiger charge is -2.13. The van der Waals surface area contributed by atoms with Crippen molar-refractivity contribution in [1.82, 2.24) is 0 Å². The number of methoxy groups -OCH3 is 1. The highest BCUT2D eigenvalue weighted by molar-refractivity contribution is 5.99. The minimum atomic E-state index is -1.04. The smallest absolute Gasteiger partial charge is 0.339 e. The third kappa shape index (κ3) is 4.57. The van der Waals surface area contributed by atoms with Crippen molar-refractivity contribution < 1.29 is 19.4 Å². The molecule has 0 aliphatic heterocycles. The second-order valence-corrected chi connectivity index (χ2v) is 4.52. The summed E-state index contributed by atoms with van der Waals surface area (Å²) in [6.07, 6.45) is 0. The Labute approximate surface area is 135 Å². The molecule has 0 bridgehead atoms. The topological polar surface area (TPSA) is 75.6 Å². The number of carboxylic acid groups (broad SMARTS) is 1. The van der Waals surface area contributed by atoms with Gasteiger partial charge in [-0.15, -0.1) is 0 Å². The molecule has 0 amide bonds. The molecule has 2 rings (SSSR count). The maximum absolute atomic E-state index is 11.8. The average molecular weight is 315 g/mol. The summed E-state index contributed by atoms with van der Waals surface area (Å²) in [5.41, 5.74) is 2.32. The zero-order chi connectivity index (χ0) is 17.4. The molecule has 5 heteroatoms. The van der Waals surface area contributed by atoms with E-state index in [1.54, 1.807) is 30.3 Å². The number of carbonyl (C=O) groups is 2. The van der Waals surface area contributed by atoms with E-state index in [4.69, 9.17) is 4.74 Å². The van der Waals surface area contributed by atoms with Crippen molar-refractivity contribution >= 4 is 23.3 Å². The summed E-state index contributed by atoms with van der Waals surface area (Å²) in [5.74, 6) is -1.51. The Balaban J connectivity index is 0.00000127. The monoisotopic (exact) mass is 315 g/mol. The Kier molecular flexibility index (Phi) is 6.80. The molecule has 2 aromatic carbocycles. The number of para-hydroxylation sites is 1. The highest BCUT2D eigenvalue weighted by atomic mass is 16.5. The van der Waals surface area contributed by atoms with Crippen LogP contribution in [0.5, 0.6) is 0 Å². The fourth-order valence-electron chi connectivity index (χ4n) is 1.97. The second-order valence-electron chi connectivity index (χ2n) is 4.52. The number of carboxylic acids is 1. The van der Waals surface area contributed by atoms with Gasteiger partial charge in [-0.2, -0.15) is 0 Å². The summed E-state index contributed by atoms with van der Waals surface area (Å²) in [6, 6.07) is 11.8. The van der Waals surface area contributed by atoms with Crippen LogP contribution in [0.15, 0.2) is 42.5 Å². The average Bonchev–Trinajstić information content (AvgIpc) is 2.58. The van der Waals surface area contributed by atoms with E-state index < -0.39 is 11.9 Å². The largest absolute Gasteiger partial charge is 0.478 e. The summed E-state index contributed by atoms with van der Waals surface area (Å²) in [6.45, 7) is 5.86. The van der Waals surface area contributed by atoms with Crippen molar-refractivity contribution in [2.24, 2.45) is 0 Å². The predicted molar refractivity (Wildman–Crippen MR) is 90.6 cm³/mol. The second kappa shape index (κ2) is 8.58. The molecule has 0 unspecified atom stereocenters. The Bertz CT molecular complexity index is 695. The molecule has 0 heterocycles. The molecule has 0 fully saturated rings. The van der Waals surface area contributed by atoms with Gasteiger partial charge in [0.2, 0.25) is 0 Å². The first-order chi connectivity index (χ1) is 11.0. The molecule has 0 saturated heterocycles. The van der Waals surface area contributed by atoms with Crippen molar-refractivity contribution in [3.63, 3.8) is 0 Å². The summed E-state index contributed by atoms with van der Waals surface area (Å²) < 4.78 is 4.75. The normalized spacial score (nSPS) is 9.39. The summed E-state index contributed by atoms with van der Waals surface area (Å²) in [4.78, 5) is 23.0. The van der Waals surface area contributed by atoms with E-state index >= 15 is 0 Å². The lowest BCUT2D eigenvalue weighted by atomic mass is 10.1. The SMILES string of the molecule is CC.COC(=O)c1cc(C)ccc1Nc1ccccc1C(=O)O. The van der Waals surface area contributed by atoms with E-state index in [1.165, 1.54) is 13.2 Å². The van der Waals surface area contributed by atoms with Crippen LogP contribution in [0, 0.1) is 6.92 Å². The van der Waals surface area contributed by atoms with Gasteiger partial charge in [0.25, 0.3) is 0 Å². The minimum absolute atomic E-state index is 0.133. The van der Waals surface area contributed by atoms with Crippen LogP contribution >= 0.6 is 0 Å². The summed E-state index contributed by atoms with van der Waals surface area (Å²) >= 11 is 0. The highest BCUT2D eigenvalue weighted by Crippen LogP contribution is 2.25. The third-order valence-electron chi connectivity index (χ3n) is 3.01. The van der Waals surface area contributed by atoms with Gasteiger partial charge in [0.15, 0.2) is 0 Å². The fraction of sp³-hybridized carbons (Fsp3) is 0.222. The van der Waals surface area contributed by atoms with Gasteiger partial charge in [-0.05, 0) is 31.2 Å². The zero-order valence-corrected chi connectivity index (χ0v) is 13.7. The molecule has 2 aromatic rings. The first-order valence-electron chi connectivity index (χ1n) is 7.31. The van der Waals surface area contributed by atoms with Gasteiger partial charge in [0.1, 0.15) is 0 Å². The van der Waals surface area contributed by atoms with Gasteiger partial charge in [-0.1, -0.05) is 37.6 Å². The number of rotatable bonds is 4.